The molecule has 2 aliphatic rings. The van der Waals surface area contributed by atoms with Gasteiger partial charge in [0.05, 0.1) is 31.2 Å². The zero-order valence-electron chi connectivity index (χ0n) is 24.5. The van der Waals surface area contributed by atoms with Gasteiger partial charge >= 0.3 is 5.97 Å². The van der Waals surface area contributed by atoms with Crippen molar-refractivity contribution in [1.82, 2.24) is 25.5 Å². The number of carbonyl (C=O) groups is 2. The van der Waals surface area contributed by atoms with Crippen LogP contribution in [-0.2, 0) is 27.2 Å². The molecular weight excluding hydrogens is 538 g/mol. The Hall–Kier alpha value is -3.14. The number of rotatable bonds is 12. The molecule has 0 spiro atoms. The number of likely N-dealkylation sites (tertiary alicyclic amines) is 1. The zero-order chi connectivity index (χ0) is 29.1. The first kappa shape index (κ1) is 30.8. The number of methoxy groups -OCH3 is 1. The summed E-state index contributed by atoms with van der Waals surface area (Å²) in [5, 5.41) is 7.01. The van der Waals surface area contributed by atoms with Crippen molar-refractivity contribution in [1.29, 1.82) is 0 Å². The van der Waals surface area contributed by atoms with E-state index in [1.54, 1.807) is 13.4 Å². The Morgan fingerprint density at radius 1 is 1.17 bits per heavy atom. The second kappa shape index (κ2) is 15.2. The number of benzene rings is 1. The Labute approximate surface area is 249 Å². The molecule has 1 saturated carbocycles. The molecule has 1 atom stereocenters. The molecule has 1 aliphatic heterocycles. The SMILES string of the molecule is CCOC(=O)C1(C2CCCCC2)CCN(C(=O)[C@@H](Cc2ccc(OC)cc2)NC(=S)NCCCc2c[nH]cn2)CC1. The zero-order valence-corrected chi connectivity index (χ0v) is 25.3. The largest absolute Gasteiger partial charge is 0.497 e. The predicted octanol–water partition coefficient (Wildman–Crippen LogP) is 4.18. The summed E-state index contributed by atoms with van der Waals surface area (Å²) in [5.74, 6) is 1.03. The minimum Gasteiger partial charge on any atom is -0.497 e. The normalized spacial score (nSPS) is 17.9. The molecule has 3 N–H and O–H groups in total. The Morgan fingerprint density at radius 2 is 1.90 bits per heavy atom. The molecule has 1 aromatic heterocycles. The lowest BCUT2D eigenvalue weighted by Crippen LogP contribution is -2.56. The molecule has 0 radical (unpaired) electrons. The molecule has 4 rings (SSSR count). The van der Waals surface area contributed by atoms with E-state index in [0.717, 1.165) is 55.5 Å². The van der Waals surface area contributed by atoms with Crippen LogP contribution < -0.4 is 15.4 Å². The molecule has 0 unspecified atom stereocenters. The predicted molar refractivity (Wildman–Crippen MR) is 163 cm³/mol. The van der Waals surface area contributed by atoms with E-state index in [1.165, 1.54) is 6.42 Å². The third-order valence-corrected chi connectivity index (χ3v) is 8.95. The van der Waals surface area contributed by atoms with Crippen molar-refractivity contribution in [2.24, 2.45) is 11.3 Å². The molecule has 1 aromatic carbocycles. The van der Waals surface area contributed by atoms with Crippen molar-refractivity contribution in [3.8, 4) is 5.75 Å². The quantitative estimate of drug-likeness (QED) is 0.194. The highest BCUT2D eigenvalue weighted by Crippen LogP contribution is 2.47. The third kappa shape index (κ3) is 8.21. The number of thiocarbonyl (C=S) groups is 1. The Balaban J connectivity index is 1.41. The van der Waals surface area contributed by atoms with Crippen LogP contribution in [0.15, 0.2) is 36.8 Å². The van der Waals surface area contributed by atoms with E-state index >= 15 is 0 Å². The molecule has 1 amide bonds. The summed E-state index contributed by atoms with van der Waals surface area (Å²) in [6, 6.07) is 7.24. The van der Waals surface area contributed by atoms with Crippen LogP contribution in [0.2, 0.25) is 0 Å². The molecule has 1 saturated heterocycles. The first-order valence-corrected chi connectivity index (χ1v) is 15.5. The first-order chi connectivity index (χ1) is 19.9. The van der Waals surface area contributed by atoms with E-state index < -0.39 is 11.5 Å². The van der Waals surface area contributed by atoms with Gasteiger partial charge in [-0.05, 0) is 81.3 Å². The number of aromatic nitrogens is 2. The summed E-state index contributed by atoms with van der Waals surface area (Å²) in [5.41, 5.74) is 1.53. The topological polar surface area (TPSA) is 109 Å². The van der Waals surface area contributed by atoms with Gasteiger partial charge in [-0.3, -0.25) is 9.59 Å². The number of ether oxygens (including phenoxy) is 2. The van der Waals surface area contributed by atoms with E-state index in [1.807, 2.05) is 42.3 Å². The first-order valence-electron chi connectivity index (χ1n) is 15.1. The van der Waals surface area contributed by atoms with Gasteiger partial charge in [-0.15, -0.1) is 0 Å². The van der Waals surface area contributed by atoms with Crippen LogP contribution in [0.5, 0.6) is 5.75 Å². The Bertz CT molecular complexity index is 1110. The van der Waals surface area contributed by atoms with Crippen molar-refractivity contribution < 1.29 is 19.1 Å². The number of aryl methyl sites for hydroxylation is 1. The van der Waals surface area contributed by atoms with Gasteiger partial charge in [0, 0.05) is 32.3 Å². The average Bonchev–Trinajstić information content (AvgIpc) is 3.53. The van der Waals surface area contributed by atoms with Gasteiger partial charge < -0.3 is 30.0 Å². The lowest BCUT2D eigenvalue weighted by molar-refractivity contribution is -0.166. The maximum Gasteiger partial charge on any atom is 0.312 e. The van der Waals surface area contributed by atoms with E-state index in [2.05, 4.69) is 20.6 Å². The molecule has 9 nitrogen and oxygen atoms in total. The smallest absolute Gasteiger partial charge is 0.312 e. The Kier molecular flexibility index (Phi) is 11.4. The molecule has 41 heavy (non-hydrogen) atoms. The summed E-state index contributed by atoms with van der Waals surface area (Å²) in [6.45, 7) is 4.01. The van der Waals surface area contributed by atoms with Crippen molar-refractivity contribution in [3.05, 3.63) is 48.0 Å². The number of esters is 1. The van der Waals surface area contributed by atoms with Crippen LogP contribution in [0.25, 0.3) is 0 Å². The minimum absolute atomic E-state index is 0.00240. The number of nitrogens with zero attached hydrogens (tertiary/aromatic N) is 2. The van der Waals surface area contributed by atoms with E-state index in [0.29, 0.717) is 56.5 Å². The summed E-state index contributed by atoms with van der Waals surface area (Å²) in [6.07, 6.45) is 12.7. The van der Waals surface area contributed by atoms with Gasteiger partial charge in [0.15, 0.2) is 5.11 Å². The number of hydrogen-bond acceptors (Lipinski definition) is 6. The molecule has 0 bridgehead atoms. The van der Waals surface area contributed by atoms with Gasteiger partial charge in [0.2, 0.25) is 5.91 Å². The van der Waals surface area contributed by atoms with Crippen LogP contribution >= 0.6 is 12.2 Å². The van der Waals surface area contributed by atoms with Gasteiger partial charge in [0.1, 0.15) is 11.8 Å². The summed E-state index contributed by atoms with van der Waals surface area (Å²) < 4.78 is 10.9. The second-order valence-electron chi connectivity index (χ2n) is 11.2. The molecular formula is C31H45N5O4S. The van der Waals surface area contributed by atoms with Crippen LogP contribution in [0.1, 0.15) is 69.5 Å². The lowest BCUT2D eigenvalue weighted by atomic mass is 9.63. The van der Waals surface area contributed by atoms with Crippen LogP contribution in [-0.4, -0.2) is 71.2 Å². The highest BCUT2D eigenvalue weighted by Gasteiger charge is 2.49. The number of nitrogens with one attached hydrogen (secondary N) is 3. The molecule has 1 aliphatic carbocycles. The lowest BCUT2D eigenvalue weighted by Gasteiger charge is -2.46. The fourth-order valence-electron chi connectivity index (χ4n) is 6.36. The fraction of sp³-hybridized carbons (Fsp3) is 0.613. The second-order valence-corrected chi connectivity index (χ2v) is 11.6. The van der Waals surface area contributed by atoms with Crippen molar-refractivity contribution in [2.45, 2.75) is 77.2 Å². The minimum atomic E-state index is -0.528. The molecule has 10 heteroatoms. The number of H-pyrrole nitrogens is 1. The number of aromatic amines is 1. The third-order valence-electron chi connectivity index (χ3n) is 8.69. The van der Waals surface area contributed by atoms with Crippen LogP contribution in [0, 0.1) is 11.3 Å². The summed E-state index contributed by atoms with van der Waals surface area (Å²) >= 11 is 5.61. The van der Waals surface area contributed by atoms with Gasteiger partial charge in [-0.2, -0.15) is 0 Å². The van der Waals surface area contributed by atoms with E-state index in [-0.39, 0.29) is 11.9 Å². The highest BCUT2D eigenvalue weighted by molar-refractivity contribution is 7.80. The van der Waals surface area contributed by atoms with E-state index in [9.17, 15) is 9.59 Å². The molecule has 2 fully saturated rings. The highest BCUT2D eigenvalue weighted by atomic mass is 32.1. The maximum absolute atomic E-state index is 14.0. The Morgan fingerprint density at radius 3 is 2.54 bits per heavy atom. The number of imidazole rings is 1. The molecule has 2 aromatic rings. The van der Waals surface area contributed by atoms with Gasteiger partial charge in [0.25, 0.3) is 0 Å². The summed E-state index contributed by atoms with van der Waals surface area (Å²) in [7, 11) is 1.64. The van der Waals surface area contributed by atoms with Crippen LogP contribution in [0.4, 0.5) is 0 Å². The fourth-order valence-corrected chi connectivity index (χ4v) is 6.61. The monoisotopic (exact) mass is 583 g/mol. The summed E-state index contributed by atoms with van der Waals surface area (Å²) in [4.78, 5) is 36.4. The maximum atomic E-state index is 14.0. The number of piperidine rings is 1. The average molecular weight is 584 g/mol. The van der Waals surface area contributed by atoms with Gasteiger partial charge in [-0.1, -0.05) is 31.4 Å². The van der Waals surface area contributed by atoms with Crippen LogP contribution in [0.3, 0.4) is 0 Å². The number of carbonyl (C=O) groups excluding carboxylic acids is 2. The standard InChI is InChI=1S/C31H45N5O4S/c1-3-40-29(38)31(24-8-5-4-6-9-24)15-18-36(19-16-31)28(37)27(20-23-11-13-26(39-2)14-12-23)35-30(41)33-17-7-10-25-21-32-22-34-25/h11-14,21-22,24,27H,3-10,15-20H2,1-2H3,(H,32,34)(H2,33,35,41)/t27-/m1/s1. The molecule has 2 heterocycles. The van der Waals surface area contributed by atoms with Crippen molar-refractivity contribution >= 4 is 29.2 Å². The number of amides is 1. The van der Waals surface area contributed by atoms with Crippen molar-refractivity contribution in [3.63, 3.8) is 0 Å². The van der Waals surface area contributed by atoms with E-state index in [4.69, 9.17) is 21.7 Å². The van der Waals surface area contributed by atoms with Gasteiger partial charge in [-0.25, -0.2) is 4.98 Å². The number of hydrogen-bond donors (Lipinski definition) is 3. The van der Waals surface area contributed by atoms with Crippen molar-refractivity contribution in [2.75, 3.05) is 33.4 Å². The molecule has 224 valence electrons.